The molecule has 0 amide bonds. The second-order valence-electron chi connectivity index (χ2n) is 4.46. The molecule has 3 aromatic carbocycles. The molecule has 0 aliphatic rings. The fourth-order valence-electron chi connectivity index (χ4n) is 2.41. The van der Waals surface area contributed by atoms with Crippen molar-refractivity contribution in [3.63, 3.8) is 0 Å². The first-order chi connectivity index (χ1) is 9.70. The standard InChI is InChI=1S/C16H9BrN2O/c17-11-5-6-13-14(8-11)12-4-2-1-3-10(12)7-15(13)16(20)9-19-18/h1-9H/p+1/b16-9-. The van der Waals surface area contributed by atoms with Gasteiger partial charge in [0.05, 0.1) is 0 Å². The highest BCUT2D eigenvalue weighted by molar-refractivity contribution is 9.10. The first-order valence-electron chi connectivity index (χ1n) is 6.05. The molecule has 3 nitrogen and oxygen atoms in total. The summed E-state index contributed by atoms with van der Waals surface area (Å²) < 4.78 is 0.975. The van der Waals surface area contributed by atoms with Gasteiger partial charge < -0.3 is 5.11 Å². The van der Waals surface area contributed by atoms with Crippen LogP contribution in [0.5, 0.6) is 0 Å². The third-order valence-corrected chi connectivity index (χ3v) is 3.77. The summed E-state index contributed by atoms with van der Waals surface area (Å²) in [5.74, 6) is -0.0643. The van der Waals surface area contributed by atoms with E-state index in [0.29, 0.717) is 5.56 Å². The highest BCUT2D eigenvalue weighted by atomic mass is 79.9. The van der Waals surface area contributed by atoms with Gasteiger partial charge in [-0.15, -0.1) is 0 Å². The molecule has 0 atom stereocenters. The Labute approximate surface area is 123 Å². The number of diazo groups is 1. The Morgan fingerprint density at radius 3 is 2.65 bits per heavy atom. The van der Waals surface area contributed by atoms with E-state index >= 15 is 0 Å². The summed E-state index contributed by atoms with van der Waals surface area (Å²) in [6.07, 6.45) is 1.03. The Kier molecular flexibility index (Phi) is 3.13. The van der Waals surface area contributed by atoms with Gasteiger partial charge in [-0.25, -0.2) is 0 Å². The molecule has 4 heteroatoms. The number of aliphatic hydroxyl groups is 1. The van der Waals surface area contributed by atoms with Crippen LogP contribution in [-0.4, -0.2) is 5.11 Å². The largest absolute Gasteiger partial charge is 0.501 e. The third kappa shape index (κ3) is 2.02. The number of rotatable bonds is 1. The van der Waals surface area contributed by atoms with Gasteiger partial charge in [-0.2, -0.15) is 0 Å². The summed E-state index contributed by atoms with van der Waals surface area (Å²) in [4.78, 5) is 2.90. The monoisotopic (exact) mass is 325 g/mol. The Bertz CT molecular complexity index is 894. The predicted octanol–water partition coefficient (Wildman–Crippen LogP) is 5.46. The van der Waals surface area contributed by atoms with E-state index in [-0.39, 0.29) is 5.76 Å². The molecule has 0 fully saturated rings. The van der Waals surface area contributed by atoms with E-state index in [1.165, 1.54) is 0 Å². The van der Waals surface area contributed by atoms with Crippen LogP contribution >= 0.6 is 15.9 Å². The van der Waals surface area contributed by atoms with Gasteiger partial charge in [-0.3, -0.25) is 0 Å². The van der Waals surface area contributed by atoms with Crippen molar-refractivity contribution in [3.8, 4) is 0 Å². The van der Waals surface area contributed by atoms with Gasteiger partial charge in [0.25, 0.3) is 0 Å². The molecule has 0 spiro atoms. The fraction of sp³-hybridized carbons (Fsp3) is 0. The predicted molar refractivity (Wildman–Crippen MR) is 84.8 cm³/mol. The highest BCUT2D eigenvalue weighted by Gasteiger charge is 2.12. The molecule has 0 aliphatic heterocycles. The van der Waals surface area contributed by atoms with E-state index in [1.54, 1.807) is 0 Å². The van der Waals surface area contributed by atoms with Crippen LogP contribution < -0.4 is 0 Å². The number of hydrogen-bond donors (Lipinski definition) is 1. The second kappa shape index (κ2) is 4.95. The Balaban J connectivity index is 2.51. The van der Waals surface area contributed by atoms with Crippen LogP contribution in [0.3, 0.4) is 0 Å². The second-order valence-corrected chi connectivity index (χ2v) is 5.38. The van der Waals surface area contributed by atoms with Gasteiger partial charge in [0.1, 0.15) is 0 Å². The van der Waals surface area contributed by atoms with Crippen molar-refractivity contribution in [2.45, 2.75) is 0 Å². The number of benzene rings is 3. The minimum Gasteiger partial charge on any atom is -0.501 e. The molecule has 0 radical (unpaired) electrons. The smallest absolute Gasteiger partial charge is 0.392 e. The molecular formula is C16H10BrN2O+. The SMILES string of the molecule is N#[N+]/C=C(\O)c1cc2ccccc2c2cc(Br)ccc12. The Morgan fingerprint density at radius 2 is 1.85 bits per heavy atom. The summed E-state index contributed by atoms with van der Waals surface area (Å²) in [5.41, 5.74) is 0.643. The summed E-state index contributed by atoms with van der Waals surface area (Å²) in [5, 5.41) is 22.7. The normalized spacial score (nSPS) is 11.7. The van der Waals surface area contributed by atoms with Crippen LogP contribution in [-0.2, 0) is 0 Å². The first-order valence-corrected chi connectivity index (χ1v) is 6.85. The molecule has 0 unspecified atom stereocenters. The topological polar surface area (TPSA) is 48.4 Å². The molecule has 0 bridgehead atoms. The molecule has 96 valence electrons. The molecule has 0 saturated carbocycles. The summed E-state index contributed by atoms with van der Waals surface area (Å²) in [6.45, 7) is 0. The number of hydrogen-bond acceptors (Lipinski definition) is 2. The van der Waals surface area contributed by atoms with E-state index in [1.807, 2.05) is 48.5 Å². The summed E-state index contributed by atoms with van der Waals surface area (Å²) in [7, 11) is 0. The molecule has 3 aromatic rings. The van der Waals surface area contributed by atoms with E-state index in [4.69, 9.17) is 5.39 Å². The molecule has 0 aliphatic carbocycles. The zero-order valence-corrected chi connectivity index (χ0v) is 12.0. The van der Waals surface area contributed by atoms with E-state index < -0.39 is 0 Å². The third-order valence-electron chi connectivity index (χ3n) is 3.28. The lowest BCUT2D eigenvalue weighted by atomic mass is 9.96. The molecule has 3 rings (SSSR count). The van der Waals surface area contributed by atoms with Gasteiger partial charge in [0.2, 0.25) is 11.2 Å². The van der Waals surface area contributed by atoms with Crippen LogP contribution in [0.2, 0.25) is 0 Å². The zero-order valence-electron chi connectivity index (χ0n) is 10.4. The van der Waals surface area contributed by atoms with Gasteiger partial charge in [-0.05, 0) is 39.7 Å². The quantitative estimate of drug-likeness (QED) is 0.366. The zero-order chi connectivity index (χ0) is 14.1. The Hall–Kier alpha value is -2.38. The maximum absolute atomic E-state index is 10.0. The van der Waals surface area contributed by atoms with Crippen LogP contribution in [0.25, 0.3) is 32.3 Å². The number of halogens is 1. The maximum Gasteiger partial charge on any atom is 0.392 e. The van der Waals surface area contributed by atoms with Crippen molar-refractivity contribution in [1.29, 1.82) is 5.39 Å². The van der Waals surface area contributed by atoms with Gasteiger partial charge in [-0.1, -0.05) is 46.3 Å². The number of aliphatic hydroxyl groups excluding tert-OH is 1. The average Bonchev–Trinajstić information content (AvgIpc) is 2.46. The van der Waals surface area contributed by atoms with E-state index in [9.17, 15) is 5.11 Å². The van der Waals surface area contributed by atoms with Crippen molar-refractivity contribution < 1.29 is 5.11 Å². The number of nitrogens with zero attached hydrogens (tertiary/aromatic N) is 2. The van der Waals surface area contributed by atoms with Crippen molar-refractivity contribution in [2.75, 3.05) is 0 Å². The van der Waals surface area contributed by atoms with E-state index in [0.717, 1.165) is 32.2 Å². The molecule has 0 heterocycles. The summed E-state index contributed by atoms with van der Waals surface area (Å²) in [6, 6.07) is 15.7. The van der Waals surface area contributed by atoms with Crippen molar-refractivity contribution in [1.82, 2.24) is 0 Å². The van der Waals surface area contributed by atoms with Crippen LogP contribution in [0.4, 0.5) is 0 Å². The maximum atomic E-state index is 10.0. The molecule has 20 heavy (non-hydrogen) atoms. The van der Waals surface area contributed by atoms with Gasteiger partial charge in [0, 0.05) is 10.0 Å². The molecular weight excluding hydrogens is 316 g/mol. The lowest BCUT2D eigenvalue weighted by molar-refractivity contribution is 0.512. The first kappa shape index (κ1) is 12.6. The van der Waals surface area contributed by atoms with Crippen LogP contribution in [0, 0.1) is 5.39 Å². The summed E-state index contributed by atoms with van der Waals surface area (Å²) >= 11 is 3.47. The van der Waals surface area contributed by atoms with Gasteiger partial charge >= 0.3 is 6.20 Å². The molecule has 0 aromatic heterocycles. The lowest BCUT2D eigenvalue weighted by Gasteiger charge is -2.09. The number of fused-ring (bicyclic) bond motifs is 3. The van der Waals surface area contributed by atoms with Crippen molar-refractivity contribution >= 4 is 43.2 Å². The van der Waals surface area contributed by atoms with Crippen LogP contribution in [0.1, 0.15) is 5.56 Å². The minimum absolute atomic E-state index is 0.0643. The average molecular weight is 326 g/mol. The highest BCUT2D eigenvalue weighted by Crippen LogP contribution is 2.33. The minimum atomic E-state index is -0.0643. The van der Waals surface area contributed by atoms with Crippen LogP contribution in [0.15, 0.2) is 59.2 Å². The molecule has 0 saturated heterocycles. The molecule has 1 N–H and O–H groups in total. The Morgan fingerprint density at radius 1 is 1.05 bits per heavy atom. The van der Waals surface area contributed by atoms with Crippen molar-refractivity contribution in [2.24, 2.45) is 0 Å². The van der Waals surface area contributed by atoms with E-state index in [2.05, 4.69) is 20.9 Å². The lowest BCUT2D eigenvalue weighted by Crippen LogP contribution is -1.88. The van der Waals surface area contributed by atoms with Gasteiger partial charge in [0.15, 0.2) is 4.98 Å². The van der Waals surface area contributed by atoms with Crippen molar-refractivity contribution in [3.05, 3.63) is 69.7 Å². The fourth-order valence-corrected chi connectivity index (χ4v) is 2.77.